The first-order valence-electron chi connectivity index (χ1n) is 7.18. The maximum Gasteiger partial charge on any atom is 0.230 e. The van der Waals surface area contributed by atoms with E-state index in [1.54, 1.807) is 0 Å². The molecule has 0 fully saturated rings. The lowest BCUT2D eigenvalue weighted by molar-refractivity contribution is -0.118. The van der Waals surface area contributed by atoms with E-state index in [0.29, 0.717) is 11.6 Å². The third-order valence-electron chi connectivity index (χ3n) is 3.18. The minimum atomic E-state index is -0.149. The van der Waals surface area contributed by atoms with Crippen molar-refractivity contribution in [2.45, 2.75) is 11.4 Å². The van der Waals surface area contributed by atoms with Gasteiger partial charge in [-0.2, -0.15) is 10.5 Å². The summed E-state index contributed by atoms with van der Waals surface area (Å²) in [5.41, 5.74) is 7.20. The van der Waals surface area contributed by atoms with Crippen LogP contribution in [0.15, 0.2) is 41.4 Å². The van der Waals surface area contributed by atoms with E-state index in [4.69, 9.17) is 16.3 Å². The number of nitrogens with zero attached hydrogens (tertiary/aromatic N) is 3. The molecule has 0 radical (unpaired) electrons. The number of rotatable bonds is 6. The van der Waals surface area contributed by atoms with Gasteiger partial charge in [-0.1, -0.05) is 42.1 Å². The smallest absolute Gasteiger partial charge is 0.230 e. The van der Waals surface area contributed by atoms with E-state index in [1.165, 1.54) is 6.07 Å². The van der Waals surface area contributed by atoms with Crippen molar-refractivity contribution in [3.8, 4) is 12.1 Å². The number of amides is 1. The third kappa shape index (κ3) is 4.73. The van der Waals surface area contributed by atoms with Gasteiger partial charge < -0.3 is 11.1 Å². The summed E-state index contributed by atoms with van der Waals surface area (Å²) in [6.45, 7) is 0.539. The second-order valence-electron chi connectivity index (χ2n) is 4.87. The number of nitriles is 2. The molecule has 24 heavy (non-hydrogen) atoms. The van der Waals surface area contributed by atoms with Crippen LogP contribution in [0, 0.1) is 22.7 Å². The number of carbonyl (C=O) groups is 1. The molecule has 0 aliphatic rings. The molecule has 1 aromatic carbocycles. The van der Waals surface area contributed by atoms with Gasteiger partial charge in [-0.15, -0.1) is 0 Å². The quantitative estimate of drug-likeness (QED) is 0.777. The minimum absolute atomic E-state index is 0.0588. The zero-order chi connectivity index (χ0) is 17.4. The highest BCUT2D eigenvalue weighted by Gasteiger charge is 2.12. The van der Waals surface area contributed by atoms with Crippen LogP contribution in [0.2, 0.25) is 0 Å². The molecule has 0 atom stereocenters. The number of aromatic nitrogens is 1. The van der Waals surface area contributed by atoms with E-state index in [0.717, 1.165) is 23.7 Å². The minimum Gasteiger partial charge on any atom is -0.383 e. The van der Waals surface area contributed by atoms with Gasteiger partial charge in [0.1, 0.15) is 23.0 Å². The molecule has 0 saturated heterocycles. The molecule has 120 valence electrons. The Morgan fingerprint density at radius 3 is 2.58 bits per heavy atom. The summed E-state index contributed by atoms with van der Waals surface area (Å²) in [7, 11) is 0. The average Bonchev–Trinajstić information content (AvgIpc) is 2.61. The monoisotopic (exact) mass is 337 g/mol. The average molecular weight is 337 g/mol. The van der Waals surface area contributed by atoms with E-state index in [2.05, 4.69) is 10.3 Å². The molecular formula is C17H15N5OS. The molecule has 0 spiro atoms. The van der Waals surface area contributed by atoms with Gasteiger partial charge in [0.15, 0.2) is 0 Å². The second kappa shape index (κ2) is 8.56. The van der Waals surface area contributed by atoms with Crippen molar-refractivity contribution in [2.75, 3.05) is 18.0 Å². The predicted molar refractivity (Wildman–Crippen MR) is 92.0 cm³/mol. The summed E-state index contributed by atoms with van der Waals surface area (Å²) in [5.74, 6) is 0.0370. The number of hydrogen-bond donors (Lipinski definition) is 2. The lowest BCUT2D eigenvalue weighted by Gasteiger charge is -2.07. The Labute approximate surface area is 144 Å². The van der Waals surface area contributed by atoms with E-state index >= 15 is 0 Å². The molecule has 0 bridgehead atoms. The lowest BCUT2D eigenvalue weighted by atomic mass is 10.1. The molecular weight excluding hydrogens is 322 g/mol. The van der Waals surface area contributed by atoms with Gasteiger partial charge in [0, 0.05) is 6.54 Å². The Kier molecular flexibility index (Phi) is 6.18. The number of nitrogen functional groups attached to an aromatic ring is 1. The second-order valence-corrected chi connectivity index (χ2v) is 5.84. The number of nitrogens with two attached hydrogens (primary N) is 1. The van der Waals surface area contributed by atoms with Crippen molar-refractivity contribution in [2.24, 2.45) is 0 Å². The van der Waals surface area contributed by atoms with Gasteiger partial charge in [-0.05, 0) is 18.1 Å². The first-order chi connectivity index (χ1) is 11.6. The summed E-state index contributed by atoms with van der Waals surface area (Å²) in [6.07, 6.45) is 0.753. The highest BCUT2D eigenvalue weighted by atomic mass is 32.2. The normalized spacial score (nSPS) is 9.75. The number of thioether (sulfide) groups is 1. The fourth-order valence-corrected chi connectivity index (χ4v) is 2.76. The Morgan fingerprint density at radius 2 is 1.92 bits per heavy atom. The van der Waals surface area contributed by atoms with Crippen molar-refractivity contribution in [3.05, 3.63) is 53.1 Å². The number of nitrogens with one attached hydrogen (secondary N) is 1. The largest absolute Gasteiger partial charge is 0.383 e. The van der Waals surface area contributed by atoms with Gasteiger partial charge in [0.25, 0.3) is 0 Å². The van der Waals surface area contributed by atoms with Crippen LogP contribution in [0.4, 0.5) is 5.82 Å². The zero-order valence-corrected chi connectivity index (χ0v) is 13.6. The standard InChI is InChI=1S/C17H15N5OS/c18-9-13-8-14(10-19)17(22-16(13)20)24-11-15(23)21-7-6-12-4-2-1-3-5-12/h1-5,8H,6-7,11H2,(H2,20,22)(H,21,23). The number of hydrogen-bond acceptors (Lipinski definition) is 6. The highest BCUT2D eigenvalue weighted by molar-refractivity contribution is 8.00. The molecule has 0 saturated carbocycles. The fourth-order valence-electron chi connectivity index (χ4n) is 1.97. The summed E-state index contributed by atoms with van der Waals surface area (Å²) in [4.78, 5) is 15.9. The van der Waals surface area contributed by atoms with Crippen molar-refractivity contribution in [3.63, 3.8) is 0 Å². The van der Waals surface area contributed by atoms with Crippen molar-refractivity contribution in [1.29, 1.82) is 10.5 Å². The Morgan fingerprint density at radius 1 is 1.21 bits per heavy atom. The van der Waals surface area contributed by atoms with Crippen LogP contribution in [0.3, 0.4) is 0 Å². The van der Waals surface area contributed by atoms with Crippen LogP contribution in [0.5, 0.6) is 0 Å². The SMILES string of the molecule is N#Cc1cc(C#N)c(SCC(=O)NCCc2ccccc2)nc1N. The fraction of sp³-hybridized carbons (Fsp3) is 0.176. The van der Waals surface area contributed by atoms with Crippen LogP contribution in [0.25, 0.3) is 0 Å². The first kappa shape index (κ1) is 17.3. The summed E-state index contributed by atoms with van der Waals surface area (Å²) in [6, 6.07) is 15.1. The van der Waals surface area contributed by atoms with Crippen molar-refractivity contribution < 1.29 is 4.79 Å². The van der Waals surface area contributed by atoms with E-state index in [-0.39, 0.29) is 28.6 Å². The molecule has 6 nitrogen and oxygen atoms in total. The summed E-state index contributed by atoms with van der Waals surface area (Å²) in [5, 5.41) is 21.2. The van der Waals surface area contributed by atoms with Crippen molar-refractivity contribution in [1.82, 2.24) is 10.3 Å². The van der Waals surface area contributed by atoms with Crippen LogP contribution in [-0.4, -0.2) is 23.2 Å². The maximum absolute atomic E-state index is 11.9. The number of carbonyl (C=O) groups excluding carboxylic acids is 1. The molecule has 1 heterocycles. The molecule has 7 heteroatoms. The molecule has 1 aromatic heterocycles. The molecule has 0 aliphatic heterocycles. The molecule has 2 rings (SSSR count). The molecule has 0 unspecified atom stereocenters. The van der Waals surface area contributed by atoms with Crippen LogP contribution in [0.1, 0.15) is 16.7 Å². The number of anilines is 1. The number of benzene rings is 1. The summed E-state index contributed by atoms with van der Waals surface area (Å²) < 4.78 is 0. The van der Waals surface area contributed by atoms with E-state index in [9.17, 15) is 4.79 Å². The van der Waals surface area contributed by atoms with Gasteiger partial charge in [0.2, 0.25) is 5.91 Å². The first-order valence-corrected chi connectivity index (χ1v) is 8.16. The molecule has 0 aliphatic carbocycles. The van der Waals surface area contributed by atoms with Crippen LogP contribution in [-0.2, 0) is 11.2 Å². The Bertz CT molecular complexity index is 808. The molecule has 2 aromatic rings. The van der Waals surface area contributed by atoms with E-state index < -0.39 is 0 Å². The topological polar surface area (TPSA) is 116 Å². The Hall–Kier alpha value is -3.03. The van der Waals surface area contributed by atoms with Crippen LogP contribution >= 0.6 is 11.8 Å². The maximum atomic E-state index is 11.9. The van der Waals surface area contributed by atoms with Gasteiger partial charge >= 0.3 is 0 Å². The van der Waals surface area contributed by atoms with Crippen LogP contribution < -0.4 is 11.1 Å². The highest BCUT2D eigenvalue weighted by Crippen LogP contribution is 2.23. The lowest BCUT2D eigenvalue weighted by Crippen LogP contribution is -2.27. The predicted octanol–water partition coefficient (Wildman–Crippen LogP) is 1.86. The molecule has 3 N–H and O–H groups in total. The van der Waals surface area contributed by atoms with Gasteiger partial charge in [-0.3, -0.25) is 4.79 Å². The van der Waals surface area contributed by atoms with Gasteiger partial charge in [-0.25, -0.2) is 4.98 Å². The molecule has 1 amide bonds. The summed E-state index contributed by atoms with van der Waals surface area (Å²) >= 11 is 1.12. The van der Waals surface area contributed by atoms with Gasteiger partial charge in [0.05, 0.1) is 16.9 Å². The van der Waals surface area contributed by atoms with E-state index in [1.807, 2.05) is 42.5 Å². The van der Waals surface area contributed by atoms with Crippen molar-refractivity contribution >= 4 is 23.5 Å². The zero-order valence-electron chi connectivity index (χ0n) is 12.8. The number of pyridine rings is 1. The Balaban J connectivity index is 1.87. The third-order valence-corrected chi connectivity index (χ3v) is 4.17.